The molecule has 0 saturated heterocycles. The number of nitrogens with one attached hydrogen (secondary N) is 1. The van der Waals surface area contributed by atoms with E-state index < -0.39 is 6.09 Å². The van der Waals surface area contributed by atoms with Crippen LogP contribution >= 0.6 is 15.9 Å². The average molecular weight is 405 g/mol. The second-order valence-electron chi connectivity index (χ2n) is 5.24. The van der Waals surface area contributed by atoms with Gasteiger partial charge in [-0.05, 0) is 42.0 Å². The normalized spacial score (nSPS) is 10.5. The van der Waals surface area contributed by atoms with E-state index in [1.807, 2.05) is 24.3 Å². The molecule has 0 atom stereocenters. The Hall–Kier alpha value is -2.74. The van der Waals surface area contributed by atoms with E-state index in [9.17, 15) is 9.18 Å². The van der Waals surface area contributed by atoms with E-state index in [0.29, 0.717) is 17.9 Å². The molecule has 0 aliphatic heterocycles. The Labute approximate surface area is 151 Å². The first-order valence-electron chi connectivity index (χ1n) is 7.41. The average Bonchev–Trinajstić information content (AvgIpc) is 3.05. The minimum absolute atomic E-state index is 0.00658. The molecule has 128 valence electrons. The lowest BCUT2D eigenvalue weighted by Crippen LogP contribution is -2.13. The molecule has 3 aromatic rings. The van der Waals surface area contributed by atoms with Crippen LogP contribution in [0.15, 0.2) is 59.2 Å². The zero-order chi connectivity index (χ0) is 17.6. The van der Waals surface area contributed by atoms with Gasteiger partial charge >= 0.3 is 6.09 Å². The summed E-state index contributed by atoms with van der Waals surface area (Å²) in [5.74, 6) is -0.374. The Morgan fingerprint density at radius 1 is 1.16 bits per heavy atom. The molecule has 1 heterocycles. The SMILES string of the molecule is O=C(Nc1ccc(F)cc1)OCc1cn(Cc2ccc(Br)cc2)nn1. The number of benzene rings is 2. The minimum atomic E-state index is -0.644. The fraction of sp³-hybridized carbons (Fsp3) is 0.118. The van der Waals surface area contributed by atoms with Crippen molar-refractivity contribution in [2.75, 3.05) is 5.32 Å². The van der Waals surface area contributed by atoms with E-state index >= 15 is 0 Å². The zero-order valence-corrected chi connectivity index (χ0v) is 14.6. The third kappa shape index (κ3) is 5.12. The van der Waals surface area contributed by atoms with Gasteiger partial charge in [-0.1, -0.05) is 33.3 Å². The molecule has 1 amide bonds. The predicted octanol–water partition coefficient (Wildman–Crippen LogP) is 3.98. The smallest absolute Gasteiger partial charge is 0.412 e. The maximum absolute atomic E-state index is 12.8. The van der Waals surface area contributed by atoms with E-state index in [2.05, 4.69) is 31.6 Å². The van der Waals surface area contributed by atoms with Gasteiger partial charge < -0.3 is 4.74 Å². The maximum Gasteiger partial charge on any atom is 0.412 e. The lowest BCUT2D eigenvalue weighted by atomic mass is 10.2. The third-order valence-corrected chi connectivity index (χ3v) is 3.81. The first kappa shape index (κ1) is 17.1. The maximum atomic E-state index is 12.8. The molecule has 0 aliphatic carbocycles. The molecule has 3 rings (SSSR count). The van der Waals surface area contributed by atoms with E-state index in [4.69, 9.17) is 4.74 Å². The molecule has 0 fully saturated rings. The van der Waals surface area contributed by atoms with Crippen LogP contribution in [0.2, 0.25) is 0 Å². The number of rotatable bonds is 5. The van der Waals surface area contributed by atoms with Gasteiger partial charge in [0, 0.05) is 10.2 Å². The summed E-state index contributed by atoms with van der Waals surface area (Å²) >= 11 is 3.39. The number of carbonyl (C=O) groups excluding carboxylic acids is 1. The molecule has 0 spiro atoms. The van der Waals surface area contributed by atoms with Gasteiger partial charge in [-0.2, -0.15) is 0 Å². The number of anilines is 1. The summed E-state index contributed by atoms with van der Waals surface area (Å²) in [4.78, 5) is 11.7. The number of hydrogen-bond donors (Lipinski definition) is 1. The molecule has 1 N–H and O–H groups in total. The predicted molar refractivity (Wildman–Crippen MR) is 93.5 cm³/mol. The van der Waals surface area contributed by atoms with Gasteiger partial charge in [0.05, 0.1) is 12.7 Å². The number of nitrogens with zero attached hydrogens (tertiary/aromatic N) is 3. The van der Waals surface area contributed by atoms with E-state index in [1.165, 1.54) is 24.3 Å². The van der Waals surface area contributed by atoms with Crippen molar-refractivity contribution in [1.82, 2.24) is 15.0 Å². The van der Waals surface area contributed by atoms with Crippen LogP contribution in [0.4, 0.5) is 14.9 Å². The summed E-state index contributed by atoms with van der Waals surface area (Å²) in [5, 5.41) is 10.5. The van der Waals surface area contributed by atoms with Crippen LogP contribution < -0.4 is 5.32 Å². The highest BCUT2D eigenvalue weighted by Crippen LogP contribution is 2.12. The highest BCUT2D eigenvalue weighted by Gasteiger charge is 2.07. The van der Waals surface area contributed by atoms with Gasteiger partial charge in [0.25, 0.3) is 0 Å². The van der Waals surface area contributed by atoms with Gasteiger partial charge in [0.2, 0.25) is 0 Å². The number of ether oxygens (including phenoxy) is 1. The van der Waals surface area contributed by atoms with Crippen molar-refractivity contribution >= 4 is 27.7 Å². The van der Waals surface area contributed by atoms with Crippen molar-refractivity contribution < 1.29 is 13.9 Å². The molecule has 25 heavy (non-hydrogen) atoms. The Morgan fingerprint density at radius 3 is 2.60 bits per heavy atom. The largest absolute Gasteiger partial charge is 0.443 e. The Kier molecular flexibility index (Phi) is 5.39. The molecule has 1 aromatic heterocycles. The van der Waals surface area contributed by atoms with Gasteiger partial charge in [-0.3, -0.25) is 5.32 Å². The number of aromatic nitrogens is 3. The van der Waals surface area contributed by atoms with Gasteiger partial charge in [0.15, 0.2) is 0 Å². The van der Waals surface area contributed by atoms with Gasteiger partial charge in [-0.15, -0.1) is 5.10 Å². The summed E-state index contributed by atoms with van der Waals surface area (Å²) in [5.41, 5.74) is 2.06. The highest BCUT2D eigenvalue weighted by atomic mass is 79.9. The first-order valence-corrected chi connectivity index (χ1v) is 8.20. The number of hydrogen-bond acceptors (Lipinski definition) is 4. The van der Waals surface area contributed by atoms with Crippen LogP contribution in [-0.4, -0.2) is 21.1 Å². The standard InChI is InChI=1S/C17H14BrFN4O2/c18-13-3-1-12(2-4-13)9-23-10-16(21-22-23)11-25-17(24)20-15-7-5-14(19)6-8-15/h1-8,10H,9,11H2,(H,20,24). The highest BCUT2D eigenvalue weighted by molar-refractivity contribution is 9.10. The second-order valence-corrected chi connectivity index (χ2v) is 6.16. The van der Waals surface area contributed by atoms with Crippen molar-refractivity contribution in [2.24, 2.45) is 0 Å². The Bertz CT molecular complexity index is 850. The van der Waals surface area contributed by atoms with Crippen LogP contribution in [0.25, 0.3) is 0 Å². The van der Waals surface area contributed by atoms with Crippen LogP contribution in [0.5, 0.6) is 0 Å². The summed E-state index contributed by atoms with van der Waals surface area (Å²) < 4.78 is 20.6. The minimum Gasteiger partial charge on any atom is -0.443 e. The molecule has 8 heteroatoms. The van der Waals surface area contributed by atoms with Crippen molar-refractivity contribution in [3.8, 4) is 0 Å². The van der Waals surface area contributed by atoms with Crippen molar-refractivity contribution in [3.63, 3.8) is 0 Å². The molecular weight excluding hydrogens is 391 g/mol. The molecule has 0 radical (unpaired) electrons. The van der Waals surface area contributed by atoms with Gasteiger partial charge in [-0.25, -0.2) is 13.9 Å². The topological polar surface area (TPSA) is 69.0 Å². The number of amides is 1. The van der Waals surface area contributed by atoms with Crippen LogP contribution in [0, 0.1) is 5.82 Å². The Balaban J connectivity index is 1.50. The number of halogens is 2. The molecule has 0 unspecified atom stereocenters. The summed E-state index contributed by atoms with van der Waals surface area (Å²) in [6.07, 6.45) is 1.07. The Morgan fingerprint density at radius 2 is 1.88 bits per heavy atom. The summed E-state index contributed by atoms with van der Waals surface area (Å²) in [7, 11) is 0. The lowest BCUT2D eigenvalue weighted by Gasteiger charge is -2.05. The molecule has 0 bridgehead atoms. The van der Waals surface area contributed by atoms with Crippen molar-refractivity contribution in [2.45, 2.75) is 13.2 Å². The molecular formula is C17H14BrFN4O2. The molecule has 6 nitrogen and oxygen atoms in total. The van der Waals surface area contributed by atoms with Crippen LogP contribution in [-0.2, 0) is 17.9 Å². The van der Waals surface area contributed by atoms with Gasteiger partial charge in [0.1, 0.15) is 18.1 Å². The quantitative estimate of drug-likeness (QED) is 0.698. The fourth-order valence-corrected chi connectivity index (χ4v) is 2.35. The zero-order valence-electron chi connectivity index (χ0n) is 13.0. The second kappa shape index (κ2) is 7.89. The summed E-state index contributed by atoms with van der Waals surface area (Å²) in [6, 6.07) is 13.3. The third-order valence-electron chi connectivity index (χ3n) is 3.29. The van der Waals surface area contributed by atoms with Crippen molar-refractivity contribution in [1.29, 1.82) is 0 Å². The van der Waals surface area contributed by atoms with E-state index in [-0.39, 0.29) is 12.4 Å². The summed E-state index contributed by atoms with van der Waals surface area (Å²) in [6.45, 7) is 0.565. The lowest BCUT2D eigenvalue weighted by molar-refractivity contribution is 0.153. The molecule has 0 saturated carbocycles. The van der Waals surface area contributed by atoms with E-state index in [0.717, 1.165) is 10.0 Å². The first-order chi connectivity index (χ1) is 12.1. The van der Waals surface area contributed by atoms with Crippen LogP contribution in [0.3, 0.4) is 0 Å². The molecule has 0 aliphatic rings. The molecule has 2 aromatic carbocycles. The van der Waals surface area contributed by atoms with E-state index in [1.54, 1.807) is 10.9 Å². The monoisotopic (exact) mass is 404 g/mol. The fourth-order valence-electron chi connectivity index (χ4n) is 2.09. The van der Waals surface area contributed by atoms with Crippen LogP contribution in [0.1, 0.15) is 11.3 Å². The number of carbonyl (C=O) groups is 1. The van der Waals surface area contributed by atoms with Crippen molar-refractivity contribution in [3.05, 3.63) is 76.3 Å².